The van der Waals surface area contributed by atoms with E-state index in [9.17, 15) is 0 Å². The minimum atomic E-state index is -0.160. The van der Waals surface area contributed by atoms with E-state index in [1.54, 1.807) is 0 Å². The third kappa shape index (κ3) is 2.15. The van der Waals surface area contributed by atoms with Gasteiger partial charge in [-0.2, -0.15) is 5.26 Å². The lowest BCUT2D eigenvalue weighted by molar-refractivity contribution is 0.908. The third-order valence-corrected chi connectivity index (χ3v) is 3.06. The maximum Gasteiger partial charge on any atom is 0.0823 e. The summed E-state index contributed by atoms with van der Waals surface area (Å²) < 4.78 is 0. The smallest absolute Gasteiger partial charge is 0.0823 e. The molecular weight excluding hydrogens is 196 g/mol. The maximum absolute atomic E-state index is 9.08. The van der Waals surface area contributed by atoms with Crippen molar-refractivity contribution in [1.29, 1.82) is 5.26 Å². The van der Waals surface area contributed by atoms with E-state index in [4.69, 9.17) is 5.26 Å². The minimum Gasteiger partial charge on any atom is -0.316 e. The molecule has 82 valence electrons. The Morgan fingerprint density at radius 3 is 2.56 bits per heavy atom. The summed E-state index contributed by atoms with van der Waals surface area (Å²) in [5.41, 5.74) is 2.20. The van der Waals surface area contributed by atoms with Crippen LogP contribution in [0.4, 0.5) is 0 Å². The Morgan fingerprint density at radius 1 is 1.38 bits per heavy atom. The standard InChI is InChI=1S/C14H16N2/c1-16-10-2-3-12-4-6-13(7-5-12)14(11-15)8-9-14/h2-7,16H,8-10H2,1H3. The molecule has 0 heterocycles. The number of nitrogens with zero attached hydrogens (tertiary/aromatic N) is 1. The van der Waals surface area contributed by atoms with E-state index in [0.29, 0.717) is 0 Å². The monoisotopic (exact) mass is 212 g/mol. The van der Waals surface area contributed by atoms with E-state index in [-0.39, 0.29) is 5.41 Å². The van der Waals surface area contributed by atoms with E-state index in [2.05, 4.69) is 47.8 Å². The molecule has 0 amide bonds. The molecule has 1 saturated carbocycles. The van der Waals surface area contributed by atoms with Crippen LogP contribution in [0.25, 0.3) is 6.08 Å². The van der Waals surface area contributed by atoms with Crippen LogP contribution < -0.4 is 5.32 Å². The molecule has 1 aliphatic rings. The summed E-state index contributed by atoms with van der Waals surface area (Å²) in [6.07, 6.45) is 6.20. The van der Waals surface area contributed by atoms with Gasteiger partial charge >= 0.3 is 0 Å². The molecule has 2 heteroatoms. The largest absolute Gasteiger partial charge is 0.316 e. The first kappa shape index (κ1) is 10.9. The molecular formula is C14H16N2. The van der Waals surface area contributed by atoms with Gasteiger partial charge in [-0.15, -0.1) is 0 Å². The summed E-state index contributed by atoms with van der Waals surface area (Å²) in [5, 5.41) is 12.1. The number of hydrogen-bond acceptors (Lipinski definition) is 2. The van der Waals surface area contributed by atoms with Gasteiger partial charge < -0.3 is 5.32 Å². The fourth-order valence-corrected chi connectivity index (χ4v) is 1.82. The van der Waals surface area contributed by atoms with Crippen molar-refractivity contribution >= 4 is 6.08 Å². The van der Waals surface area contributed by atoms with Gasteiger partial charge in [0.15, 0.2) is 0 Å². The Balaban J connectivity index is 2.09. The predicted molar refractivity (Wildman–Crippen MR) is 65.9 cm³/mol. The molecule has 0 spiro atoms. The average molecular weight is 212 g/mol. The number of likely N-dealkylation sites (N-methyl/N-ethyl adjacent to an activating group) is 1. The first-order valence-electron chi connectivity index (χ1n) is 5.64. The second-order valence-electron chi connectivity index (χ2n) is 4.28. The molecule has 1 fully saturated rings. The number of rotatable bonds is 4. The molecule has 1 aromatic carbocycles. The Kier molecular flexibility index (Phi) is 3.07. The van der Waals surface area contributed by atoms with E-state index >= 15 is 0 Å². The fraction of sp³-hybridized carbons (Fsp3) is 0.357. The van der Waals surface area contributed by atoms with Crippen LogP contribution in [0.2, 0.25) is 0 Å². The number of benzene rings is 1. The summed E-state index contributed by atoms with van der Waals surface area (Å²) >= 11 is 0. The van der Waals surface area contributed by atoms with Gasteiger partial charge in [-0.3, -0.25) is 0 Å². The van der Waals surface area contributed by atoms with Crippen LogP contribution in [0.5, 0.6) is 0 Å². The van der Waals surface area contributed by atoms with Gasteiger partial charge in [-0.25, -0.2) is 0 Å². The Hall–Kier alpha value is -1.59. The summed E-state index contributed by atoms with van der Waals surface area (Å²) in [6, 6.07) is 10.7. The zero-order chi connectivity index (χ0) is 11.4. The molecule has 0 aromatic heterocycles. The molecule has 0 aliphatic heterocycles. The first-order valence-corrected chi connectivity index (χ1v) is 5.64. The molecule has 16 heavy (non-hydrogen) atoms. The Morgan fingerprint density at radius 2 is 2.06 bits per heavy atom. The summed E-state index contributed by atoms with van der Waals surface area (Å²) in [4.78, 5) is 0. The van der Waals surface area contributed by atoms with Crippen LogP contribution in [0.3, 0.4) is 0 Å². The van der Waals surface area contributed by atoms with Gasteiger partial charge in [0.25, 0.3) is 0 Å². The molecule has 0 atom stereocenters. The van der Waals surface area contributed by atoms with E-state index in [1.807, 2.05) is 7.05 Å². The van der Waals surface area contributed by atoms with Crippen LogP contribution >= 0.6 is 0 Å². The molecule has 0 bridgehead atoms. The Bertz CT molecular complexity index is 419. The fourth-order valence-electron chi connectivity index (χ4n) is 1.82. The van der Waals surface area contributed by atoms with Gasteiger partial charge in [-0.1, -0.05) is 36.4 Å². The second kappa shape index (κ2) is 4.51. The van der Waals surface area contributed by atoms with Crippen molar-refractivity contribution in [3.63, 3.8) is 0 Å². The lowest BCUT2D eigenvalue weighted by atomic mass is 9.97. The lowest BCUT2D eigenvalue weighted by Gasteiger charge is -2.05. The molecule has 0 saturated heterocycles. The second-order valence-corrected chi connectivity index (χ2v) is 4.28. The zero-order valence-electron chi connectivity index (χ0n) is 9.53. The van der Waals surface area contributed by atoms with Crippen LogP contribution in [0.1, 0.15) is 24.0 Å². The summed E-state index contributed by atoms with van der Waals surface area (Å²) in [5.74, 6) is 0. The molecule has 1 aliphatic carbocycles. The van der Waals surface area contributed by atoms with Gasteiger partial charge in [0.1, 0.15) is 0 Å². The highest BCUT2D eigenvalue weighted by molar-refractivity contribution is 5.52. The van der Waals surface area contributed by atoms with Crippen LogP contribution in [0.15, 0.2) is 30.3 Å². The summed E-state index contributed by atoms with van der Waals surface area (Å²) in [7, 11) is 1.93. The summed E-state index contributed by atoms with van der Waals surface area (Å²) in [6.45, 7) is 0.879. The van der Waals surface area contributed by atoms with E-state index in [1.165, 1.54) is 11.1 Å². The number of nitrogens with one attached hydrogen (secondary N) is 1. The molecule has 0 radical (unpaired) electrons. The van der Waals surface area contributed by atoms with Gasteiger partial charge in [-0.05, 0) is 31.0 Å². The molecule has 0 unspecified atom stereocenters. The van der Waals surface area contributed by atoms with E-state index in [0.717, 1.165) is 19.4 Å². The van der Waals surface area contributed by atoms with Crippen LogP contribution in [0, 0.1) is 11.3 Å². The number of nitriles is 1. The van der Waals surface area contributed by atoms with Crippen molar-refractivity contribution in [2.45, 2.75) is 18.3 Å². The van der Waals surface area contributed by atoms with Crippen LogP contribution in [-0.2, 0) is 5.41 Å². The van der Waals surface area contributed by atoms with Crippen molar-refractivity contribution < 1.29 is 0 Å². The van der Waals surface area contributed by atoms with Crippen molar-refractivity contribution in [2.75, 3.05) is 13.6 Å². The van der Waals surface area contributed by atoms with Gasteiger partial charge in [0, 0.05) is 6.54 Å². The zero-order valence-corrected chi connectivity index (χ0v) is 9.53. The quantitative estimate of drug-likeness (QED) is 0.832. The molecule has 2 nitrogen and oxygen atoms in total. The average Bonchev–Trinajstić information content (AvgIpc) is 3.11. The highest BCUT2D eigenvalue weighted by Gasteiger charge is 2.44. The molecule has 1 aromatic rings. The highest BCUT2D eigenvalue weighted by Crippen LogP contribution is 2.47. The van der Waals surface area contributed by atoms with Crippen molar-refractivity contribution in [1.82, 2.24) is 5.32 Å². The minimum absolute atomic E-state index is 0.160. The van der Waals surface area contributed by atoms with Crippen molar-refractivity contribution in [3.05, 3.63) is 41.5 Å². The topological polar surface area (TPSA) is 35.8 Å². The first-order chi connectivity index (χ1) is 7.80. The molecule has 1 N–H and O–H groups in total. The van der Waals surface area contributed by atoms with E-state index < -0.39 is 0 Å². The third-order valence-electron chi connectivity index (χ3n) is 3.06. The molecule has 2 rings (SSSR count). The highest BCUT2D eigenvalue weighted by atomic mass is 14.8. The predicted octanol–water partition coefficient (Wildman–Crippen LogP) is 2.47. The number of hydrogen-bond donors (Lipinski definition) is 1. The van der Waals surface area contributed by atoms with Crippen molar-refractivity contribution in [2.24, 2.45) is 0 Å². The lowest BCUT2D eigenvalue weighted by Crippen LogP contribution is -2.03. The Labute approximate surface area is 96.6 Å². The van der Waals surface area contributed by atoms with Gasteiger partial charge in [0.05, 0.1) is 11.5 Å². The maximum atomic E-state index is 9.08. The van der Waals surface area contributed by atoms with Gasteiger partial charge in [0.2, 0.25) is 0 Å². The SMILES string of the molecule is CNCC=Cc1ccc(C2(C#N)CC2)cc1. The van der Waals surface area contributed by atoms with Crippen LogP contribution in [-0.4, -0.2) is 13.6 Å². The normalized spacial score (nSPS) is 17.2. The van der Waals surface area contributed by atoms with Crippen molar-refractivity contribution in [3.8, 4) is 6.07 Å².